The van der Waals surface area contributed by atoms with Crippen LogP contribution in [0.5, 0.6) is 0 Å². The van der Waals surface area contributed by atoms with Gasteiger partial charge in [-0.15, -0.1) is 0 Å². The standard InChI is InChI=1S/C16H26N4/c1-14-5-6-16(12-14,13-17)20-10-8-19(9-11-20)15-4-2-3-7-18-15/h2-4,7,14H,5-6,8-13,17H2,1H3. The Bertz CT molecular complexity index is 427. The molecule has 2 aliphatic rings. The second-order valence-corrected chi connectivity index (χ2v) is 6.44. The number of pyridine rings is 1. The van der Waals surface area contributed by atoms with Crippen LogP contribution in [0, 0.1) is 5.92 Å². The number of nitrogens with zero attached hydrogens (tertiary/aromatic N) is 3. The van der Waals surface area contributed by atoms with Gasteiger partial charge in [0.2, 0.25) is 0 Å². The van der Waals surface area contributed by atoms with Gasteiger partial charge in [0, 0.05) is 44.5 Å². The predicted molar refractivity (Wildman–Crippen MR) is 82.8 cm³/mol. The van der Waals surface area contributed by atoms with Gasteiger partial charge in [0.05, 0.1) is 0 Å². The van der Waals surface area contributed by atoms with Crippen LogP contribution < -0.4 is 10.6 Å². The third kappa shape index (κ3) is 2.54. The first-order valence-corrected chi connectivity index (χ1v) is 7.85. The summed E-state index contributed by atoms with van der Waals surface area (Å²) in [5.74, 6) is 1.93. The van der Waals surface area contributed by atoms with E-state index < -0.39 is 0 Å². The largest absolute Gasteiger partial charge is 0.354 e. The molecule has 4 heteroatoms. The summed E-state index contributed by atoms with van der Waals surface area (Å²) in [4.78, 5) is 9.49. The Labute approximate surface area is 122 Å². The summed E-state index contributed by atoms with van der Waals surface area (Å²) in [5.41, 5.74) is 6.41. The van der Waals surface area contributed by atoms with Crippen LogP contribution in [0.4, 0.5) is 5.82 Å². The van der Waals surface area contributed by atoms with Crippen molar-refractivity contribution in [3.8, 4) is 0 Å². The van der Waals surface area contributed by atoms with Crippen LogP contribution >= 0.6 is 0 Å². The number of hydrogen-bond acceptors (Lipinski definition) is 4. The fourth-order valence-electron chi connectivity index (χ4n) is 3.92. The summed E-state index contributed by atoms with van der Waals surface area (Å²) in [6.07, 6.45) is 5.75. The highest BCUT2D eigenvalue weighted by Gasteiger charge is 2.42. The molecule has 2 fully saturated rings. The van der Waals surface area contributed by atoms with Gasteiger partial charge in [0.1, 0.15) is 5.82 Å². The first-order valence-electron chi connectivity index (χ1n) is 7.85. The lowest BCUT2D eigenvalue weighted by atomic mass is 9.93. The molecule has 1 aromatic heterocycles. The molecule has 4 nitrogen and oxygen atoms in total. The van der Waals surface area contributed by atoms with E-state index in [2.05, 4.69) is 33.8 Å². The maximum absolute atomic E-state index is 6.14. The molecular formula is C16H26N4. The first-order chi connectivity index (χ1) is 9.73. The summed E-state index contributed by atoms with van der Waals surface area (Å²) in [5, 5.41) is 0. The van der Waals surface area contributed by atoms with Crippen LogP contribution in [-0.2, 0) is 0 Å². The summed E-state index contributed by atoms with van der Waals surface area (Å²) in [6.45, 7) is 7.52. The molecule has 0 spiro atoms. The van der Waals surface area contributed by atoms with Gasteiger partial charge in [0.15, 0.2) is 0 Å². The van der Waals surface area contributed by atoms with Crippen molar-refractivity contribution in [2.45, 2.75) is 31.7 Å². The molecule has 1 saturated carbocycles. The molecule has 0 bridgehead atoms. The minimum atomic E-state index is 0.273. The van der Waals surface area contributed by atoms with Gasteiger partial charge in [-0.1, -0.05) is 13.0 Å². The number of anilines is 1. The zero-order valence-electron chi connectivity index (χ0n) is 12.5. The van der Waals surface area contributed by atoms with Crippen molar-refractivity contribution in [1.29, 1.82) is 0 Å². The third-order valence-electron chi connectivity index (χ3n) is 5.13. The maximum Gasteiger partial charge on any atom is 0.128 e. The Hall–Kier alpha value is -1.13. The lowest BCUT2D eigenvalue weighted by Gasteiger charge is -2.46. The van der Waals surface area contributed by atoms with E-state index in [1.165, 1.54) is 19.3 Å². The minimum Gasteiger partial charge on any atom is -0.354 e. The van der Waals surface area contributed by atoms with Crippen molar-refractivity contribution in [2.75, 3.05) is 37.6 Å². The van der Waals surface area contributed by atoms with E-state index in [0.29, 0.717) is 0 Å². The molecule has 0 amide bonds. The van der Waals surface area contributed by atoms with Crippen LogP contribution in [0.3, 0.4) is 0 Å². The normalized spacial score (nSPS) is 31.7. The van der Waals surface area contributed by atoms with E-state index in [1.807, 2.05) is 12.3 Å². The average molecular weight is 274 g/mol. The van der Waals surface area contributed by atoms with Gasteiger partial charge in [-0.25, -0.2) is 4.98 Å². The van der Waals surface area contributed by atoms with Gasteiger partial charge >= 0.3 is 0 Å². The predicted octanol–water partition coefficient (Wildman–Crippen LogP) is 1.72. The van der Waals surface area contributed by atoms with Crippen molar-refractivity contribution < 1.29 is 0 Å². The Morgan fingerprint density at radius 2 is 2.10 bits per heavy atom. The smallest absolute Gasteiger partial charge is 0.128 e. The SMILES string of the molecule is CC1CCC(CN)(N2CCN(c3ccccn3)CC2)C1. The van der Waals surface area contributed by atoms with E-state index in [0.717, 1.165) is 44.5 Å². The quantitative estimate of drug-likeness (QED) is 0.911. The van der Waals surface area contributed by atoms with Crippen LogP contribution in [-0.4, -0.2) is 48.1 Å². The summed E-state index contributed by atoms with van der Waals surface area (Å²) >= 11 is 0. The van der Waals surface area contributed by atoms with Crippen LogP contribution in [0.2, 0.25) is 0 Å². The van der Waals surface area contributed by atoms with Gasteiger partial charge in [-0.2, -0.15) is 0 Å². The molecule has 2 unspecified atom stereocenters. The molecule has 0 radical (unpaired) electrons. The summed E-state index contributed by atoms with van der Waals surface area (Å²) < 4.78 is 0. The van der Waals surface area contributed by atoms with Crippen molar-refractivity contribution in [2.24, 2.45) is 11.7 Å². The van der Waals surface area contributed by atoms with Crippen LogP contribution in [0.15, 0.2) is 24.4 Å². The van der Waals surface area contributed by atoms with Gasteiger partial charge in [-0.05, 0) is 37.3 Å². The highest BCUT2D eigenvalue weighted by Crippen LogP contribution is 2.38. The molecule has 1 saturated heterocycles. The van der Waals surface area contributed by atoms with Gasteiger partial charge in [-0.3, -0.25) is 4.90 Å². The molecule has 3 rings (SSSR count). The van der Waals surface area contributed by atoms with Crippen LogP contribution in [0.1, 0.15) is 26.2 Å². The Balaban J connectivity index is 1.64. The monoisotopic (exact) mass is 274 g/mol. The fraction of sp³-hybridized carbons (Fsp3) is 0.688. The number of nitrogens with two attached hydrogens (primary N) is 1. The average Bonchev–Trinajstić information content (AvgIpc) is 2.91. The van der Waals surface area contributed by atoms with E-state index in [1.54, 1.807) is 0 Å². The molecule has 110 valence electrons. The molecule has 20 heavy (non-hydrogen) atoms. The molecule has 1 aromatic rings. The molecule has 1 aliphatic carbocycles. The van der Waals surface area contributed by atoms with Crippen molar-refractivity contribution >= 4 is 5.82 Å². The van der Waals surface area contributed by atoms with Crippen LogP contribution in [0.25, 0.3) is 0 Å². The number of piperazine rings is 1. The molecular weight excluding hydrogens is 248 g/mol. The van der Waals surface area contributed by atoms with Crippen molar-refractivity contribution in [3.63, 3.8) is 0 Å². The fourth-order valence-corrected chi connectivity index (χ4v) is 3.92. The Morgan fingerprint density at radius 3 is 2.65 bits per heavy atom. The molecule has 2 heterocycles. The number of aromatic nitrogens is 1. The molecule has 1 aliphatic heterocycles. The van der Waals surface area contributed by atoms with Gasteiger partial charge in [0.25, 0.3) is 0 Å². The lowest BCUT2D eigenvalue weighted by molar-refractivity contribution is 0.0887. The van der Waals surface area contributed by atoms with Gasteiger partial charge < -0.3 is 10.6 Å². The lowest BCUT2D eigenvalue weighted by Crippen LogP contribution is -2.59. The topological polar surface area (TPSA) is 45.4 Å². The zero-order valence-corrected chi connectivity index (χ0v) is 12.5. The highest BCUT2D eigenvalue weighted by molar-refractivity contribution is 5.38. The van der Waals surface area contributed by atoms with Crippen molar-refractivity contribution in [3.05, 3.63) is 24.4 Å². The first kappa shape index (κ1) is 13.8. The highest BCUT2D eigenvalue weighted by atomic mass is 15.3. The van der Waals surface area contributed by atoms with Crippen molar-refractivity contribution in [1.82, 2.24) is 9.88 Å². The van der Waals surface area contributed by atoms with E-state index in [9.17, 15) is 0 Å². The van der Waals surface area contributed by atoms with E-state index in [4.69, 9.17) is 5.73 Å². The summed E-state index contributed by atoms with van der Waals surface area (Å²) in [7, 11) is 0. The van der Waals surface area contributed by atoms with E-state index >= 15 is 0 Å². The van der Waals surface area contributed by atoms with E-state index in [-0.39, 0.29) is 5.54 Å². The minimum absolute atomic E-state index is 0.273. The third-order valence-corrected chi connectivity index (χ3v) is 5.13. The Morgan fingerprint density at radius 1 is 1.30 bits per heavy atom. The molecule has 0 aromatic carbocycles. The second kappa shape index (κ2) is 5.70. The zero-order chi connectivity index (χ0) is 14.0. The molecule has 2 atom stereocenters. The molecule has 2 N–H and O–H groups in total. The Kier molecular flexibility index (Phi) is 3.94. The number of rotatable bonds is 3. The maximum atomic E-state index is 6.14. The number of hydrogen-bond donors (Lipinski definition) is 1. The second-order valence-electron chi connectivity index (χ2n) is 6.44. The summed E-state index contributed by atoms with van der Waals surface area (Å²) in [6, 6.07) is 6.14.